The number of benzene rings is 1. The van der Waals surface area contributed by atoms with Crippen molar-refractivity contribution in [3.05, 3.63) is 34.3 Å². The number of para-hydroxylation sites is 1. The molecule has 0 aliphatic carbocycles. The normalized spacial score (nSPS) is 10.3. The van der Waals surface area contributed by atoms with Crippen LogP contribution in [0.1, 0.15) is 52.4 Å². The van der Waals surface area contributed by atoms with Crippen molar-refractivity contribution in [2.45, 2.75) is 33.6 Å². The van der Waals surface area contributed by atoms with Crippen LogP contribution in [0, 0.1) is 6.92 Å². The fraction of sp³-hybridized carbons (Fsp3) is 0.333. The van der Waals surface area contributed by atoms with E-state index >= 15 is 0 Å². The Balaban J connectivity index is 2.13. The van der Waals surface area contributed by atoms with Crippen LogP contribution in [-0.4, -0.2) is 34.4 Å². The molecule has 8 nitrogen and oxygen atoms in total. The van der Waals surface area contributed by atoms with Crippen LogP contribution in [0.15, 0.2) is 18.2 Å². The van der Waals surface area contributed by atoms with Crippen molar-refractivity contribution in [3.63, 3.8) is 0 Å². The maximum absolute atomic E-state index is 12.6. The maximum atomic E-state index is 12.6. The van der Waals surface area contributed by atoms with Gasteiger partial charge in [-0.2, -0.15) is 0 Å². The van der Waals surface area contributed by atoms with Gasteiger partial charge in [0.25, 0.3) is 5.91 Å². The molecule has 0 radical (unpaired) electrons. The molecule has 4 N–H and O–H groups in total. The summed E-state index contributed by atoms with van der Waals surface area (Å²) in [4.78, 5) is 40.5. The molecule has 1 aromatic carbocycles. The predicted molar refractivity (Wildman–Crippen MR) is 105 cm³/mol. The number of urea groups is 1. The quantitative estimate of drug-likeness (QED) is 0.327. The van der Waals surface area contributed by atoms with Crippen LogP contribution in [0.5, 0.6) is 5.75 Å². The number of aromatic hydroxyl groups is 1. The Morgan fingerprint density at radius 1 is 1.22 bits per heavy atom. The Kier molecular flexibility index (Phi) is 6.89. The summed E-state index contributed by atoms with van der Waals surface area (Å²) < 4.78 is 0. The van der Waals surface area contributed by atoms with Gasteiger partial charge in [-0.15, -0.1) is 0 Å². The zero-order valence-electron chi connectivity index (χ0n) is 15.4. The second-order valence-corrected chi connectivity index (χ2v) is 6.88. The molecule has 0 saturated heterocycles. The molecule has 0 saturated carbocycles. The standard InChI is InChI=1S/C18H22N4O4S/c1-4-5-9-19-17(26)22-18-20-10(2)15(27-18)16(25)21-14-12(11(3)23)7-6-8-13(14)24/h6-8,24H,4-5,9H2,1-3H3,(H,21,25)(H2,19,20,22,26). The van der Waals surface area contributed by atoms with E-state index in [-0.39, 0.29) is 38.8 Å². The van der Waals surface area contributed by atoms with Crippen LogP contribution in [-0.2, 0) is 0 Å². The highest BCUT2D eigenvalue weighted by Crippen LogP contribution is 2.30. The minimum absolute atomic E-state index is 0.0506. The first-order valence-electron chi connectivity index (χ1n) is 8.50. The SMILES string of the molecule is CCCCNC(=O)Nc1nc(C)c(C(=O)Nc2c(O)cccc2C(C)=O)s1. The molecule has 0 fully saturated rings. The summed E-state index contributed by atoms with van der Waals surface area (Å²) in [5, 5.41) is 18.1. The molecule has 1 aromatic heterocycles. The fourth-order valence-electron chi connectivity index (χ4n) is 2.32. The van der Waals surface area contributed by atoms with Gasteiger partial charge in [-0.3, -0.25) is 14.9 Å². The van der Waals surface area contributed by atoms with E-state index in [0.29, 0.717) is 12.2 Å². The molecule has 0 aliphatic rings. The first-order valence-corrected chi connectivity index (χ1v) is 9.31. The monoisotopic (exact) mass is 390 g/mol. The summed E-state index contributed by atoms with van der Waals surface area (Å²) in [6.07, 6.45) is 1.84. The average molecular weight is 390 g/mol. The van der Waals surface area contributed by atoms with E-state index in [1.54, 1.807) is 6.92 Å². The lowest BCUT2D eigenvalue weighted by molar-refractivity contribution is 0.101. The van der Waals surface area contributed by atoms with Gasteiger partial charge in [0, 0.05) is 12.1 Å². The summed E-state index contributed by atoms with van der Waals surface area (Å²) in [6, 6.07) is 4.04. The van der Waals surface area contributed by atoms with Crippen LogP contribution in [0.3, 0.4) is 0 Å². The Bertz CT molecular complexity index is 863. The van der Waals surface area contributed by atoms with Gasteiger partial charge in [0.15, 0.2) is 10.9 Å². The maximum Gasteiger partial charge on any atom is 0.321 e. The van der Waals surface area contributed by atoms with Crippen molar-refractivity contribution < 1.29 is 19.5 Å². The molecule has 0 atom stereocenters. The molecule has 0 spiro atoms. The van der Waals surface area contributed by atoms with Gasteiger partial charge >= 0.3 is 6.03 Å². The molecule has 27 heavy (non-hydrogen) atoms. The number of anilines is 2. The van der Waals surface area contributed by atoms with Gasteiger partial charge in [-0.05, 0) is 32.4 Å². The summed E-state index contributed by atoms with van der Waals surface area (Å²) in [5.41, 5.74) is 0.690. The van der Waals surface area contributed by atoms with Gasteiger partial charge in [-0.25, -0.2) is 9.78 Å². The highest BCUT2D eigenvalue weighted by molar-refractivity contribution is 7.17. The zero-order chi connectivity index (χ0) is 20.0. The van der Waals surface area contributed by atoms with E-state index in [4.69, 9.17) is 0 Å². The van der Waals surface area contributed by atoms with Gasteiger partial charge in [0.1, 0.15) is 10.6 Å². The number of nitrogens with one attached hydrogen (secondary N) is 3. The average Bonchev–Trinajstić information content (AvgIpc) is 2.96. The Morgan fingerprint density at radius 2 is 1.96 bits per heavy atom. The van der Waals surface area contributed by atoms with Crippen molar-refractivity contribution in [2.24, 2.45) is 0 Å². The predicted octanol–water partition coefficient (Wildman–Crippen LogP) is 3.53. The highest BCUT2D eigenvalue weighted by Gasteiger charge is 2.20. The molecule has 3 amide bonds. The van der Waals surface area contributed by atoms with Gasteiger partial charge < -0.3 is 15.7 Å². The van der Waals surface area contributed by atoms with Gasteiger partial charge in [0.05, 0.1) is 11.4 Å². The lowest BCUT2D eigenvalue weighted by atomic mass is 10.1. The topological polar surface area (TPSA) is 120 Å². The number of carbonyl (C=O) groups is 3. The number of phenols is 1. The number of thiazole rings is 1. The van der Waals surface area contributed by atoms with Crippen molar-refractivity contribution in [1.82, 2.24) is 10.3 Å². The van der Waals surface area contributed by atoms with E-state index in [1.807, 2.05) is 6.92 Å². The van der Waals surface area contributed by atoms with Crippen LogP contribution in [0.25, 0.3) is 0 Å². The number of unbranched alkanes of at least 4 members (excludes halogenated alkanes) is 1. The molecule has 2 aromatic rings. The van der Waals surface area contributed by atoms with E-state index in [9.17, 15) is 19.5 Å². The van der Waals surface area contributed by atoms with Crippen LogP contribution < -0.4 is 16.0 Å². The van der Waals surface area contributed by atoms with Gasteiger partial charge in [0.2, 0.25) is 0 Å². The summed E-state index contributed by atoms with van der Waals surface area (Å²) >= 11 is 1.01. The number of hydrogen-bond donors (Lipinski definition) is 4. The second-order valence-electron chi connectivity index (χ2n) is 5.88. The number of rotatable bonds is 7. The summed E-state index contributed by atoms with van der Waals surface area (Å²) in [6.45, 7) is 5.57. The Labute approximate surface area is 161 Å². The number of aromatic nitrogens is 1. The third kappa shape index (κ3) is 5.27. The third-order valence-electron chi connectivity index (χ3n) is 3.70. The Hall–Kier alpha value is -2.94. The minimum Gasteiger partial charge on any atom is -0.506 e. The van der Waals surface area contributed by atoms with E-state index < -0.39 is 5.91 Å². The smallest absolute Gasteiger partial charge is 0.321 e. The zero-order valence-corrected chi connectivity index (χ0v) is 16.2. The number of hydrogen-bond acceptors (Lipinski definition) is 6. The van der Waals surface area contributed by atoms with E-state index in [1.165, 1.54) is 25.1 Å². The molecule has 1 heterocycles. The van der Waals surface area contributed by atoms with Crippen LogP contribution in [0.2, 0.25) is 0 Å². The summed E-state index contributed by atoms with van der Waals surface area (Å²) in [5.74, 6) is -1.01. The van der Waals surface area contributed by atoms with Crippen molar-refractivity contribution in [1.29, 1.82) is 0 Å². The van der Waals surface area contributed by atoms with Crippen LogP contribution >= 0.6 is 11.3 Å². The Morgan fingerprint density at radius 3 is 2.63 bits per heavy atom. The first-order chi connectivity index (χ1) is 12.8. The van der Waals surface area contributed by atoms with E-state index in [2.05, 4.69) is 20.9 Å². The highest BCUT2D eigenvalue weighted by atomic mass is 32.1. The first kappa shape index (κ1) is 20.4. The number of Topliss-reactive ketones (excluding diaryl/α,β-unsaturated/α-hetero) is 1. The number of carbonyl (C=O) groups excluding carboxylic acids is 3. The van der Waals surface area contributed by atoms with Crippen molar-refractivity contribution in [2.75, 3.05) is 17.2 Å². The number of amides is 3. The molecule has 144 valence electrons. The second kappa shape index (κ2) is 9.13. The minimum atomic E-state index is -0.520. The van der Waals surface area contributed by atoms with Gasteiger partial charge in [-0.1, -0.05) is 30.7 Å². The molecule has 0 aliphatic heterocycles. The summed E-state index contributed by atoms with van der Waals surface area (Å²) in [7, 11) is 0. The fourth-order valence-corrected chi connectivity index (χ4v) is 3.17. The molecular weight excluding hydrogens is 368 g/mol. The molecule has 0 unspecified atom stereocenters. The lowest BCUT2D eigenvalue weighted by Gasteiger charge is -2.10. The van der Waals surface area contributed by atoms with Crippen molar-refractivity contribution >= 4 is 39.9 Å². The number of ketones is 1. The number of phenolic OH excluding ortho intramolecular Hbond substituents is 1. The molecule has 9 heteroatoms. The largest absolute Gasteiger partial charge is 0.506 e. The molecule has 2 rings (SSSR count). The molecule has 0 bridgehead atoms. The number of aryl methyl sites for hydroxylation is 1. The van der Waals surface area contributed by atoms with E-state index in [0.717, 1.165) is 24.2 Å². The van der Waals surface area contributed by atoms with Crippen LogP contribution in [0.4, 0.5) is 15.6 Å². The van der Waals surface area contributed by atoms with Crippen molar-refractivity contribution in [3.8, 4) is 5.75 Å². The third-order valence-corrected chi connectivity index (χ3v) is 4.77. The lowest BCUT2D eigenvalue weighted by Crippen LogP contribution is -2.29. The molecular formula is C18H22N4O4S. The number of nitrogens with zero attached hydrogens (tertiary/aromatic N) is 1.